The van der Waals surface area contributed by atoms with E-state index < -0.39 is 0 Å². The molecule has 0 aromatic carbocycles. The molecule has 1 fully saturated rings. The van der Waals surface area contributed by atoms with Gasteiger partial charge in [-0.3, -0.25) is 0 Å². The first-order valence-corrected chi connectivity index (χ1v) is 6.21. The third kappa shape index (κ3) is 2.96. The molecule has 0 aliphatic carbocycles. The van der Waals surface area contributed by atoms with Crippen molar-refractivity contribution in [2.45, 2.75) is 77.5 Å². The smallest absolute Gasteiger partial charge is 0.0221 e. The number of hydrogen-bond acceptors (Lipinski definition) is 2. The molecule has 1 aliphatic heterocycles. The van der Waals surface area contributed by atoms with Gasteiger partial charge in [-0.1, -0.05) is 26.7 Å². The van der Waals surface area contributed by atoms with Gasteiger partial charge in [0.25, 0.3) is 0 Å². The average molecular weight is 198 g/mol. The lowest BCUT2D eigenvalue weighted by molar-refractivity contribution is 0.210. The Kier molecular flexibility index (Phi) is 4.90. The van der Waals surface area contributed by atoms with E-state index in [4.69, 9.17) is 0 Å². The second-order valence-corrected chi connectivity index (χ2v) is 4.70. The van der Waals surface area contributed by atoms with Crippen molar-refractivity contribution in [3.05, 3.63) is 0 Å². The Morgan fingerprint density at radius 1 is 0.786 bits per heavy atom. The molecule has 0 radical (unpaired) electrons. The van der Waals surface area contributed by atoms with E-state index in [1.807, 2.05) is 0 Å². The van der Waals surface area contributed by atoms with E-state index in [0.717, 1.165) is 0 Å². The zero-order valence-corrected chi connectivity index (χ0v) is 10.1. The molecule has 1 saturated heterocycles. The van der Waals surface area contributed by atoms with Crippen molar-refractivity contribution in [2.75, 3.05) is 0 Å². The maximum Gasteiger partial charge on any atom is 0.0221 e. The third-order valence-corrected chi connectivity index (χ3v) is 3.36. The molecule has 2 nitrogen and oxygen atoms in total. The molecule has 14 heavy (non-hydrogen) atoms. The highest BCUT2D eigenvalue weighted by molar-refractivity contribution is 4.93. The van der Waals surface area contributed by atoms with Gasteiger partial charge in [0.15, 0.2) is 0 Å². The van der Waals surface area contributed by atoms with Crippen LogP contribution >= 0.6 is 0 Å². The van der Waals surface area contributed by atoms with E-state index in [2.05, 4.69) is 38.3 Å². The summed E-state index contributed by atoms with van der Waals surface area (Å²) in [5.74, 6) is 0. The molecule has 2 heteroatoms. The fraction of sp³-hybridized carbons (Fsp3) is 1.00. The average Bonchev–Trinajstić information content (AvgIpc) is 2.14. The highest BCUT2D eigenvalue weighted by atomic mass is 15.1. The lowest BCUT2D eigenvalue weighted by Crippen LogP contribution is -2.63. The van der Waals surface area contributed by atoms with Crippen LogP contribution in [-0.4, -0.2) is 24.2 Å². The summed E-state index contributed by atoms with van der Waals surface area (Å²) in [6.07, 6.45) is 5.12. The largest absolute Gasteiger partial charge is 0.308 e. The van der Waals surface area contributed by atoms with Crippen LogP contribution in [0, 0.1) is 0 Å². The molecular weight excluding hydrogens is 172 g/mol. The van der Waals surface area contributed by atoms with E-state index in [0.29, 0.717) is 24.2 Å². The minimum Gasteiger partial charge on any atom is -0.308 e. The second kappa shape index (κ2) is 5.72. The molecule has 0 aromatic rings. The summed E-state index contributed by atoms with van der Waals surface area (Å²) in [4.78, 5) is 0. The Labute approximate surface area is 88.8 Å². The zero-order chi connectivity index (χ0) is 10.6. The normalized spacial score (nSPS) is 38.6. The number of rotatable bonds is 4. The summed E-state index contributed by atoms with van der Waals surface area (Å²) < 4.78 is 0. The highest BCUT2D eigenvalue weighted by Crippen LogP contribution is 2.14. The van der Waals surface area contributed by atoms with Crippen LogP contribution in [-0.2, 0) is 0 Å². The lowest BCUT2D eigenvalue weighted by atomic mass is 9.93. The Hall–Kier alpha value is -0.0800. The monoisotopic (exact) mass is 198 g/mol. The maximum absolute atomic E-state index is 3.74. The molecule has 0 amide bonds. The van der Waals surface area contributed by atoms with Crippen LogP contribution in [0.3, 0.4) is 0 Å². The number of hydrogen-bond donors (Lipinski definition) is 2. The van der Waals surface area contributed by atoms with Gasteiger partial charge < -0.3 is 10.6 Å². The van der Waals surface area contributed by atoms with E-state index in [1.54, 1.807) is 0 Å². The van der Waals surface area contributed by atoms with Crippen molar-refractivity contribution in [2.24, 2.45) is 0 Å². The highest BCUT2D eigenvalue weighted by Gasteiger charge is 2.29. The maximum atomic E-state index is 3.74. The van der Waals surface area contributed by atoms with Gasteiger partial charge in [-0.15, -0.1) is 0 Å². The van der Waals surface area contributed by atoms with Gasteiger partial charge >= 0.3 is 0 Å². The molecule has 4 unspecified atom stereocenters. The van der Waals surface area contributed by atoms with Crippen molar-refractivity contribution in [3.63, 3.8) is 0 Å². The SMILES string of the molecule is CCCC1NC(C)C(CCC)NC1C. The predicted octanol–water partition coefficient (Wildman–Crippen LogP) is 2.29. The van der Waals surface area contributed by atoms with Crippen LogP contribution in [0.4, 0.5) is 0 Å². The third-order valence-electron chi connectivity index (χ3n) is 3.36. The fourth-order valence-corrected chi connectivity index (χ4v) is 2.49. The van der Waals surface area contributed by atoms with Gasteiger partial charge in [0.05, 0.1) is 0 Å². The summed E-state index contributed by atoms with van der Waals surface area (Å²) >= 11 is 0. The molecule has 0 spiro atoms. The van der Waals surface area contributed by atoms with E-state index in [9.17, 15) is 0 Å². The van der Waals surface area contributed by atoms with Crippen LogP contribution in [0.15, 0.2) is 0 Å². The van der Waals surface area contributed by atoms with Crippen LogP contribution in [0.25, 0.3) is 0 Å². The van der Waals surface area contributed by atoms with E-state index in [1.165, 1.54) is 25.7 Å². The summed E-state index contributed by atoms with van der Waals surface area (Å²) in [5.41, 5.74) is 0. The Bertz CT molecular complexity index is 140. The van der Waals surface area contributed by atoms with Gasteiger partial charge in [-0.05, 0) is 26.7 Å². The minimum absolute atomic E-state index is 0.627. The summed E-state index contributed by atoms with van der Waals surface area (Å²) in [6.45, 7) is 9.14. The Morgan fingerprint density at radius 2 is 1.14 bits per heavy atom. The zero-order valence-electron chi connectivity index (χ0n) is 10.1. The molecule has 2 N–H and O–H groups in total. The van der Waals surface area contributed by atoms with Gasteiger partial charge in [-0.25, -0.2) is 0 Å². The van der Waals surface area contributed by atoms with Gasteiger partial charge in [0.1, 0.15) is 0 Å². The van der Waals surface area contributed by atoms with Crippen LogP contribution < -0.4 is 10.6 Å². The summed E-state index contributed by atoms with van der Waals surface area (Å²) in [7, 11) is 0. The number of piperazine rings is 1. The Morgan fingerprint density at radius 3 is 1.43 bits per heavy atom. The predicted molar refractivity (Wildman–Crippen MR) is 62.6 cm³/mol. The molecule has 84 valence electrons. The summed E-state index contributed by atoms with van der Waals surface area (Å²) in [6, 6.07) is 2.59. The quantitative estimate of drug-likeness (QED) is 0.724. The van der Waals surface area contributed by atoms with Gasteiger partial charge in [0.2, 0.25) is 0 Å². The second-order valence-electron chi connectivity index (χ2n) is 4.70. The minimum atomic E-state index is 0.627. The van der Waals surface area contributed by atoms with Crippen LogP contribution in [0.5, 0.6) is 0 Å². The van der Waals surface area contributed by atoms with Crippen molar-refractivity contribution in [3.8, 4) is 0 Å². The lowest BCUT2D eigenvalue weighted by Gasteiger charge is -2.41. The molecule has 0 bridgehead atoms. The van der Waals surface area contributed by atoms with Crippen molar-refractivity contribution < 1.29 is 0 Å². The molecule has 1 aliphatic rings. The molecule has 1 rings (SSSR count). The molecule has 0 saturated carbocycles. The molecular formula is C12H26N2. The number of nitrogens with one attached hydrogen (secondary N) is 2. The van der Waals surface area contributed by atoms with Crippen molar-refractivity contribution in [1.29, 1.82) is 0 Å². The van der Waals surface area contributed by atoms with Crippen molar-refractivity contribution in [1.82, 2.24) is 10.6 Å². The molecule has 4 atom stereocenters. The first kappa shape index (κ1) is 12.0. The van der Waals surface area contributed by atoms with Crippen molar-refractivity contribution >= 4 is 0 Å². The van der Waals surface area contributed by atoms with Crippen LogP contribution in [0.2, 0.25) is 0 Å². The first-order valence-electron chi connectivity index (χ1n) is 6.21. The topological polar surface area (TPSA) is 24.1 Å². The standard InChI is InChI=1S/C12H26N2/c1-5-7-11-9(3)14-12(8-6-2)10(4)13-11/h9-14H,5-8H2,1-4H3. The Balaban J connectivity index is 2.44. The fourth-order valence-electron chi connectivity index (χ4n) is 2.49. The van der Waals surface area contributed by atoms with Gasteiger partial charge in [-0.2, -0.15) is 0 Å². The first-order chi connectivity index (χ1) is 6.69. The van der Waals surface area contributed by atoms with Crippen LogP contribution in [0.1, 0.15) is 53.4 Å². The van der Waals surface area contributed by atoms with Gasteiger partial charge in [0, 0.05) is 24.2 Å². The molecule has 1 heterocycles. The van der Waals surface area contributed by atoms with E-state index >= 15 is 0 Å². The van der Waals surface area contributed by atoms with E-state index in [-0.39, 0.29) is 0 Å². The summed E-state index contributed by atoms with van der Waals surface area (Å²) in [5, 5.41) is 7.48. The molecule has 0 aromatic heterocycles.